The summed E-state index contributed by atoms with van der Waals surface area (Å²) in [5, 5.41) is 12.9. The van der Waals surface area contributed by atoms with E-state index in [-0.39, 0.29) is 5.56 Å². The minimum absolute atomic E-state index is 0.179. The van der Waals surface area contributed by atoms with Crippen molar-refractivity contribution in [2.45, 2.75) is 13.0 Å². The van der Waals surface area contributed by atoms with Crippen molar-refractivity contribution in [2.75, 3.05) is 6.61 Å². The Labute approximate surface area is 104 Å². The van der Waals surface area contributed by atoms with E-state index in [2.05, 4.69) is 10.1 Å². The second-order valence-electron chi connectivity index (χ2n) is 3.66. The van der Waals surface area contributed by atoms with Gasteiger partial charge in [-0.15, -0.1) is 0 Å². The van der Waals surface area contributed by atoms with Crippen molar-refractivity contribution in [1.82, 2.24) is 14.8 Å². The predicted octanol–water partition coefficient (Wildman–Crippen LogP) is 1.45. The van der Waals surface area contributed by atoms with Crippen LogP contribution < -0.4 is 4.74 Å². The lowest BCUT2D eigenvalue weighted by atomic mass is 10.2. The number of hydrogen-bond donors (Lipinski definition) is 1. The van der Waals surface area contributed by atoms with Crippen LogP contribution in [-0.4, -0.2) is 32.4 Å². The number of hydrogen-bond acceptors (Lipinski definition) is 4. The lowest BCUT2D eigenvalue weighted by Gasteiger charge is -2.08. The number of ether oxygens (including phenoxy) is 1. The molecule has 6 nitrogen and oxygen atoms in total. The van der Waals surface area contributed by atoms with Gasteiger partial charge < -0.3 is 9.84 Å². The summed E-state index contributed by atoms with van der Waals surface area (Å²) in [6.45, 7) is 1.12. The molecule has 0 aliphatic rings. The fourth-order valence-electron chi connectivity index (χ4n) is 1.53. The van der Waals surface area contributed by atoms with E-state index in [0.29, 0.717) is 18.9 Å². The summed E-state index contributed by atoms with van der Waals surface area (Å²) in [5.74, 6) is -0.592. The third kappa shape index (κ3) is 3.07. The summed E-state index contributed by atoms with van der Waals surface area (Å²) >= 11 is 0. The fourth-order valence-corrected chi connectivity index (χ4v) is 1.53. The number of para-hydroxylation sites is 1. The first kappa shape index (κ1) is 12.1. The number of benzene rings is 1. The molecule has 0 fully saturated rings. The van der Waals surface area contributed by atoms with Crippen LogP contribution >= 0.6 is 0 Å². The summed E-state index contributed by atoms with van der Waals surface area (Å²) in [6.07, 6.45) is 3.84. The van der Waals surface area contributed by atoms with Gasteiger partial charge in [0.2, 0.25) is 0 Å². The molecule has 0 saturated carbocycles. The number of carboxylic acid groups (broad SMARTS) is 1. The van der Waals surface area contributed by atoms with Crippen molar-refractivity contribution in [3.63, 3.8) is 0 Å². The monoisotopic (exact) mass is 247 g/mol. The maximum Gasteiger partial charge on any atom is 0.339 e. The average molecular weight is 247 g/mol. The van der Waals surface area contributed by atoms with Gasteiger partial charge in [-0.05, 0) is 12.1 Å². The van der Waals surface area contributed by atoms with Crippen LogP contribution in [0.3, 0.4) is 0 Å². The van der Waals surface area contributed by atoms with Gasteiger partial charge in [0.15, 0.2) is 0 Å². The Balaban J connectivity index is 1.85. The van der Waals surface area contributed by atoms with Gasteiger partial charge in [-0.3, -0.25) is 4.68 Å². The molecule has 0 aliphatic heterocycles. The first-order chi connectivity index (χ1) is 8.77. The van der Waals surface area contributed by atoms with Crippen molar-refractivity contribution in [1.29, 1.82) is 0 Å². The molecule has 0 spiro atoms. The van der Waals surface area contributed by atoms with E-state index in [9.17, 15) is 4.79 Å². The first-order valence-corrected chi connectivity index (χ1v) is 5.55. The second kappa shape index (κ2) is 5.81. The molecular weight excluding hydrogens is 234 g/mol. The van der Waals surface area contributed by atoms with Crippen molar-refractivity contribution in [2.24, 2.45) is 0 Å². The van der Waals surface area contributed by atoms with Crippen LogP contribution in [-0.2, 0) is 6.54 Å². The number of aromatic nitrogens is 3. The zero-order valence-corrected chi connectivity index (χ0v) is 9.69. The Morgan fingerprint density at radius 2 is 2.22 bits per heavy atom. The second-order valence-corrected chi connectivity index (χ2v) is 3.66. The van der Waals surface area contributed by atoms with Gasteiger partial charge >= 0.3 is 5.97 Å². The van der Waals surface area contributed by atoms with Gasteiger partial charge in [0.1, 0.15) is 24.0 Å². The standard InChI is InChI=1S/C12H13N3O3/c16-12(17)10-4-1-2-5-11(10)18-7-3-6-15-9-13-8-14-15/h1-2,4-5,8-9H,3,6-7H2,(H,16,17). The summed E-state index contributed by atoms with van der Waals surface area (Å²) in [6, 6.07) is 6.60. The maximum atomic E-state index is 10.9. The van der Waals surface area contributed by atoms with Gasteiger partial charge in [-0.25, -0.2) is 9.78 Å². The van der Waals surface area contributed by atoms with Gasteiger partial charge in [0.25, 0.3) is 0 Å². The number of carboxylic acids is 1. The summed E-state index contributed by atoms with van der Waals surface area (Å²) in [5.41, 5.74) is 0.179. The third-order valence-corrected chi connectivity index (χ3v) is 2.37. The van der Waals surface area contributed by atoms with E-state index >= 15 is 0 Å². The largest absolute Gasteiger partial charge is 0.493 e. The Morgan fingerprint density at radius 3 is 2.94 bits per heavy atom. The minimum atomic E-state index is -0.984. The average Bonchev–Trinajstić information content (AvgIpc) is 2.88. The molecule has 0 radical (unpaired) electrons. The molecule has 0 amide bonds. The molecule has 1 aromatic heterocycles. The highest BCUT2D eigenvalue weighted by molar-refractivity contribution is 5.90. The molecule has 0 bridgehead atoms. The van der Waals surface area contributed by atoms with Crippen LogP contribution in [0.1, 0.15) is 16.8 Å². The molecule has 0 atom stereocenters. The molecule has 94 valence electrons. The van der Waals surface area contributed by atoms with Crippen molar-refractivity contribution in [3.05, 3.63) is 42.5 Å². The van der Waals surface area contributed by atoms with E-state index in [0.717, 1.165) is 6.42 Å². The zero-order chi connectivity index (χ0) is 12.8. The molecule has 18 heavy (non-hydrogen) atoms. The Hall–Kier alpha value is -2.37. The van der Waals surface area contributed by atoms with E-state index in [4.69, 9.17) is 9.84 Å². The molecule has 0 saturated heterocycles. The Bertz CT molecular complexity index is 511. The van der Waals surface area contributed by atoms with Gasteiger partial charge in [0.05, 0.1) is 6.61 Å². The smallest absolute Gasteiger partial charge is 0.339 e. The molecule has 0 aliphatic carbocycles. The zero-order valence-electron chi connectivity index (χ0n) is 9.69. The van der Waals surface area contributed by atoms with Crippen LogP contribution in [0, 0.1) is 0 Å². The van der Waals surface area contributed by atoms with Gasteiger partial charge in [-0.2, -0.15) is 5.10 Å². The van der Waals surface area contributed by atoms with Gasteiger partial charge in [-0.1, -0.05) is 12.1 Å². The van der Waals surface area contributed by atoms with E-state index in [1.807, 2.05) is 0 Å². The SMILES string of the molecule is O=C(O)c1ccccc1OCCCn1cncn1. The first-order valence-electron chi connectivity index (χ1n) is 5.55. The van der Waals surface area contributed by atoms with Crippen LogP contribution in [0.5, 0.6) is 5.75 Å². The quantitative estimate of drug-likeness (QED) is 0.781. The summed E-state index contributed by atoms with van der Waals surface area (Å²) < 4.78 is 7.16. The number of carbonyl (C=O) groups is 1. The molecule has 1 N–H and O–H groups in total. The third-order valence-electron chi connectivity index (χ3n) is 2.37. The number of aromatic carboxylic acids is 1. The van der Waals surface area contributed by atoms with Crippen LogP contribution in [0.4, 0.5) is 0 Å². The maximum absolute atomic E-state index is 10.9. The normalized spacial score (nSPS) is 10.2. The van der Waals surface area contributed by atoms with E-state index in [1.165, 1.54) is 12.4 Å². The fraction of sp³-hybridized carbons (Fsp3) is 0.250. The van der Waals surface area contributed by atoms with Crippen LogP contribution in [0.15, 0.2) is 36.9 Å². The Kier molecular flexibility index (Phi) is 3.90. The van der Waals surface area contributed by atoms with Crippen molar-refractivity contribution in [3.8, 4) is 5.75 Å². The highest BCUT2D eigenvalue weighted by Gasteiger charge is 2.09. The molecule has 2 rings (SSSR count). The lowest BCUT2D eigenvalue weighted by Crippen LogP contribution is -2.07. The van der Waals surface area contributed by atoms with Crippen molar-refractivity contribution >= 4 is 5.97 Å². The molecule has 6 heteroatoms. The highest BCUT2D eigenvalue weighted by Crippen LogP contribution is 2.17. The molecule has 0 unspecified atom stereocenters. The van der Waals surface area contributed by atoms with E-state index in [1.54, 1.807) is 29.2 Å². The number of nitrogens with zero attached hydrogens (tertiary/aromatic N) is 3. The molecule has 1 aromatic carbocycles. The topological polar surface area (TPSA) is 77.2 Å². The molecule has 2 aromatic rings. The molecule has 1 heterocycles. The van der Waals surface area contributed by atoms with Crippen LogP contribution in [0.2, 0.25) is 0 Å². The van der Waals surface area contributed by atoms with Crippen LogP contribution in [0.25, 0.3) is 0 Å². The predicted molar refractivity (Wildman–Crippen MR) is 63.5 cm³/mol. The van der Waals surface area contributed by atoms with Gasteiger partial charge in [0, 0.05) is 13.0 Å². The number of aryl methyl sites for hydroxylation is 1. The molecular formula is C12H13N3O3. The lowest BCUT2D eigenvalue weighted by molar-refractivity contribution is 0.0692. The minimum Gasteiger partial charge on any atom is -0.493 e. The Morgan fingerprint density at radius 1 is 1.39 bits per heavy atom. The highest BCUT2D eigenvalue weighted by atomic mass is 16.5. The van der Waals surface area contributed by atoms with Crippen molar-refractivity contribution < 1.29 is 14.6 Å². The van der Waals surface area contributed by atoms with E-state index < -0.39 is 5.97 Å². The summed E-state index contributed by atoms with van der Waals surface area (Å²) in [7, 11) is 0. The number of rotatable bonds is 6. The summed E-state index contributed by atoms with van der Waals surface area (Å²) in [4.78, 5) is 14.8.